The van der Waals surface area contributed by atoms with E-state index in [0.717, 1.165) is 23.4 Å². The van der Waals surface area contributed by atoms with E-state index in [4.69, 9.17) is 5.73 Å². The molecule has 3 heteroatoms. The molecule has 1 heterocycles. The largest absolute Gasteiger partial charge is 0.330 e. The average molecular weight is 297 g/mol. The second-order valence-electron chi connectivity index (χ2n) is 5.11. The van der Waals surface area contributed by atoms with Gasteiger partial charge < -0.3 is 5.73 Å². The van der Waals surface area contributed by atoms with Crippen LogP contribution in [0.2, 0.25) is 0 Å². The minimum Gasteiger partial charge on any atom is -0.330 e. The van der Waals surface area contributed by atoms with Crippen molar-refractivity contribution in [1.29, 1.82) is 0 Å². The van der Waals surface area contributed by atoms with E-state index in [9.17, 15) is 0 Å². The van der Waals surface area contributed by atoms with E-state index in [0.29, 0.717) is 5.92 Å². The fourth-order valence-electron chi connectivity index (χ4n) is 2.91. The van der Waals surface area contributed by atoms with Gasteiger partial charge >= 0.3 is 0 Å². The zero-order valence-corrected chi connectivity index (χ0v) is 11.8. The molecule has 2 N–H and O–H groups in total. The van der Waals surface area contributed by atoms with E-state index in [1.165, 1.54) is 37.7 Å². The van der Waals surface area contributed by atoms with Crippen LogP contribution in [-0.4, -0.2) is 11.5 Å². The molecule has 1 fully saturated rings. The Kier molecular flexibility index (Phi) is 4.99. The molecule has 1 aliphatic carbocycles. The van der Waals surface area contributed by atoms with Crippen molar-refractivity contribution >= 4 is 15.9 Å². The second kappa shape index (κ2) is 6.50. The van der Waals surface area contributed by atoms with Gasteiger partial charge in [0.15, 0.2) is 0 Å². The first-order valence-electron chi connectivity index (χ1n) is 6.59. The van der Waals surface area contributed by atoms with Crippen LogP contribution in [-0.2, 0) is 6.42 Å². The Bertz CT molecular complexity index is 354. The van der Waals surface area contributed by atoms with E-state index >= 15 is 0 Å². The summed E-state index contributed by atoms with van der Waals surface area (Å²) < 4.78 is 1.08. The lowest BCUT2D eigenvalue weighted by atomic mass is 9.83. The van der Waals surface area contributed by atoms with E-state index in [2.05, 4.69) is 27.0 Å². The van der Waals surface area contributed by atoms with Gasteiger partial charge in [-0.3, -0.25) is 4.98 Å². The van der Waals surface area contributed by atoms with Crippen LogP contribution in [0, 0.1) is 11.8 Å². The van der Waals surface area contributed by atoms with Gasteiger partial charge in [0.1, 0.15) is 0 Å². The van der Waals surface area contributed by atoms with Gasteiger partial charge in [0, 0.05) is 16.9 Å². The number of halogens is 1. The van der Waals surface area contributed by atoms with Crippen molar-refractivity contribution in [3.8, 4) is 0 Å². The highest BCUT2D eigenvalue weighted by Gasteiger charge is 2.22. The topological polar surface area (TPSA) is 38.9 Å². The lowest BCUT2D eigenvalue weighted by Gasteiger charge is -2.23. The molecule has 0 aliphatic heterocycles. The summed E-state index contributed by atoms with van der Waals surface area (Å²) >= 11 is 3.49. The van der Waals surface area contributed by atoms with E-state index < -0.39 is 0 Å². The normalized spacial score (nSPS) is 25.5. The molecule has 1 aromatic rings. The van der Waals surface area contributed by atoms with Crippen LogP contribution in [0.1, 0.15) is 37.7 Å². The van der Waals surface area contributed by atoms with Crippen molar-refractivity contribution in [2.45, 2.75) is 38.5 Å². The maximum absolute atomic E-state index is 5.92. The summed E-state index contributed by atoms with van der Waals surface area (Å²) in [6.07, 6.45) is 11.7. The van der Waals surface area contributed by atoms with Crippen LogP contribution >= 0.6 is 15.9 Å². The van der Waals surface area contributed by atoms with Crippen LogP contribution in [0.3, 0.4) is 0 Å². The van der Waals surface area contributed by atoms with Crippen LogP contribution in [0.15, 0.2) is 22.9 Å². The SMILES string of the molecule is NCC1CCCCCC1Cc1cncc(Br)c1. The Morgan fingerprint density at radius 2 is 1.94 bits per heavy atom. The van der Waals surface area contributed by atoms with Crippen molar-refractivity contribution in [2.75, 3.05) is 6.54 Å². The Morgan fingerprint density at radius 3 is 2.65 bits per heavy atom. The molecule has 2 unspecified atom stereocenters. The predicted octanol–water partition coefficient (Wildman–Crippen LogP) is 3.54. The third-order valence-electron chi connectivity index (χ3n) is 3.88. The molecule has 0 saturated heterocycles. The molecule has 1 aromatic heterocycles. The van der Waals surface area contributed by atoms with Crippen molar-refractivity contribution in [3.63, 3.8) is 0 Å². The van der Waals surface area contributed by atoms with Crippen molar-refractivity contribution in [3.05, 3.63) is 28.5 Å². The fraction of sp³-hybridized carbons (Fsp3) is 0.643. The summed E-state index contributed by atoms with van der Waals surface area (Å²) in [6, 6.07) is 2.19. The average Bonchev–Trinajstić information content (AvgIpc) is 2.54. The third-order valence-corrected chi connectivity index (χ3v) is 4.31. The molecule has 0 aromatic carbocycles. The highest BCUT2D eigenvalue weighted by atomic mass is 79.9. The maximum atomic E-state index is 5.92. The maximum Gasteiger partial charge on any atom is 0.0410 e. The number of pyridine rings is 1. The quantitative estimate of drug-likeness (QED) is 0.867. The molecular formula is C14H21BrN2. The number of nitrogens with two attached hydrogens (primary N) is 1. The summed E-state index contributed by atoms with van der Waals surface area (Å²) in [5.41, 5.74) is 7.26. The van der Waals surface area contributed by atoms with Crippen LogP contribution in [0.5, 0.6) is 0 Å². The summed E-state index contributed by atoms with van der Waals surface area (Å²) in [5.74, 6) is 1.45. The van der Waals surface area contributed by atoms with Gasteiger partial charge in [-0.1, -0.05) is 19.3 Å². The fourth-order valence-corrected chi connectivity index (χ4v) is 3.32. The zero-order chi connectivity index (χ0) is 12.1. The van der Waals surface area contributed by atoms with Crippen LogP contribution < -0.4 is 5.73 Å². The first kappa shape index (κ1) is 13.0. The number of nitrogens with zero attached hydrogens (tertiary/aromatic N) is 1. The molecule has 0 radical (unpaired) electrons. The molecule has 1 saturated carbocycles. The Balaban J connectivity index is 2.04. The van der Waals surface area contributed by atoms with Gasteiger partial charge in [-0.2, -0.15) is 0 Å². The van der Waals surface area contributed by atoms with Gasteiger partial charge in [-0.15, -0.1) is 0 Å². The first-order chi connectivity index (χ1) is 8.29. The summed E-state index contributed by atoms with van der Waals surface area (Å²) in [7, 11) is 0. The van der Waals surface area contributed by atoms with Gasteiger partial charge in [-0.25, -0.2) is 0 Å². The molecule has 1 aliphatic rings. The third kappa shape index (κ3) is 3.78. The molecule has 2 rings (SSSR count). The van der Waals surface area contributed by atoms with E-state index in [1.807, 2.05) is 12.4 Å². The monoisotopic (exact) mass is 296 g/mol. The molecule has 0 bridgehead atoms. The first-order valence-corrected chi connectivity index (χ1v) is 7.38. The van der Waals surface area contributed by atoms with Gasteiger partial charge in [0.05, 0.1) is 0 Å². The minimum atomic E-state index is 0.705. The lowest BCUT2D eigenvalue weighted by molar-refractivity contribution is 0.318. The zero-order valence-electron chi connectivity index (χ0n) is 10.2. The highest BCUT2D eigenvalue weighted by molar-refractivity contribution is 9.10. The Labute approximate surface area is 112 Å². The van der Waals surface area contributed by atoms with Gasteiger partial charge in [0.2, 0.25) is 0 Å². The number of hydrogen-bond donors (Lipinski definition) is 1. The number of rotatable bonds is 3. The molecular weight excluding hydrogens is 276 g/mol. The smallest absolute Gasteiger partial charge is 0.0410 e. The van der Waals surface area contributed by atoms with Crippen molar-refractivity contribution < 1.29 is 0 Å². The van der Waals surface area contributed by atoms with E-state index in [-0.39, 0.29) is 0 Å². The standard InChI is InChI=1S/C14H21BrN2/c15-14-7-11(9-17-10-14)6-12-4-2-1-3-5-13(12)8-16/h7,9-10,12-13H,1-6,8,16H2. The Hall–Kier alpha value is -0.410. The second-order valence-corrected chi connectivity index (χ2v) is 6.03. The van der Waals surface area contributed by atoms with Crippen molar-refractivity contribution in [1.82, 2.24) is 4.98 Å². The highest BCUT2D eigenvalue weighted by Crippen LogP contribution is 2.31. The summed E-state index contributed by atoms with van der Waals surface area (Å²) in [6.45, 7) is 0.839. The minimum absolute atomic E-state index is 0.705. The summed E-state index contributed by atoms with van der Waals surface area (Å²) in [4.78, 5) is 4.25. The van der Waals surface area contributed by atoms with Gasteiger partial charge in [0.25, 0.3) is 0 Å². The van der Waals surface area contributed by atoms with Crippen molar-refractivity contribution in [2.24, 2.45) is 17.6 Å². The lowest BCUT2D eigenvalue weighted by Crippen LogP contribution is -2.24. The van der Waals surface area contributed by atoms with E-state index in [1.54, 1.807) is 0 Å². The number of aromatic nitrogens is 1. The van der Waals surface area contributed by atoms with Crippen LogP contribution in [0.25, 0.3) is 0 Å². The van der Waals surface area contributed by atoms with Gasteiger partial charge in [-0.05, 0) is 65.2 Å². The Morgan fingerprint density at radius 1 is 1.18 bits per heavy atom. The molecule has 94 valence electrons. The number of hydrogen-bond acceptors (Lipinski definition) is 2. The molecule has 17 heavy (non-hydrogen) atoms. The molecule has 0 spiro atoms. The predicted molar refractivity (Wildman–Crippen MR) is 74.8 cm³/mol. The molecule has 2 nitrogen and oxygen atoms in total. The molecule has 2 atom stereocenters. The van der Waals surface area contributed by atoms with Crippen LogP contribution in [0.4, 0.5) is 0 Å². The molecule has 0 amide bonds. The summed E-state index contributed by atoms with van der Waals surface area (Å²) in [5, 5.41) is 0.